The highest BCUT2D eigenvalue weighted by Gasteiger charge is 2.37. The van der Waals surface area contributed by atoms with Gasteiger partial charge >= 0.3 is 6.18 Å². The summed E-state index contributed by atoms with van der Waals surface area (Å²) < 4.78 is 41.4. The normalized spacial score (nSPS) is 21.4. The van der Waals surface area contributed by atoms with E-state index in [4.69, 9.17) is 10.5 Å². The van der Waals surface area contributed by atoms with E-state index >= 15 is 0 Å². The number of ether oxygens (including phenoxy) is 1. The Morgan fingerprint density at radius 1 is 1.40 bits per heavy atom. The van der Waals surface area contributed by atoms with Crippen LogP contribution in [0.1, 0.15) is 32.6 Å². The first-order valence-electron chi connectivity index (χ1n) is 5.38. The van der Waals surface area contributed by atoms with Crippen LogP contribution in [0.4, 0.5) is 13.2 Å². The Hall–Kier alpha value is -0.290. The average Bonchev–Trinajstić information content (AvgIpc) is 2.92. The van der Waals surface area contributed by atoms with Gasteiger partial charge in [0.05, 0.1) is 6.10 Å². The van der Waals surface area contributed by atoms with Crippen LogP contribution in [0.25, 0.3) is 0 Å². The first-order chi connectivity index (χ1) is 6.94. The molecule has 0 radical (unpaired) electrons. The molecule has 0 bridgehead atoms. The van der Waals surface area contributed by atoms with Gasteiger partial charge in [0.1, 0.15) is 0 Å². The maximum absolute atomic E-state index is 12.0. The van der Waals surface area contributed by atoms with Gasteiger partial charge in [0.2, 0.25) is 0 Å². The Balaban J connectivity index is 2.32. The minimum absolute atomic E-state index is 0.0370. The van der Waals surface area contributed by atoms with Gasteiger partial charge in [0, 0.05) is 19.1 Å². The Morgan fingerprint density at radius 3 is 2.40 bits per heavy atom. The molecule has 2 N–H and O–H groups in total. The van der Waals surface area contributed by atoms with Gasteiger partial charge in [-0.05, 0) is 32.1 Å². The maximum atomic E-state index is 12.0. The summed E-state index contributed by atoms with van der Waals surface area (Å²) in [6.45, 7) is 2.35. The molecule has 0 amide bonds. The molecule has 1 aliphatic rings. The largest absolute Gasteiger partial charge is 0.389 e. The van der Waals surface area contributed by atoms with Crippen LogP contribution in [0.15, 0.2) is 0 Å². The number of hydrogen-bond acceptors (Lipinski definition) is 2. The van der Waals surface area contributed by atoms with Crippen LogP contribution in [0.3, 0.4) is 0 Å². The molecule has 1 aliphatic carbocycles. The average molecular weight is 225 g/mol. The summed E-state index contributed by atoms with van der Waals surface area (Å²) in [5.41, 5.74) is 5.73. The van der Waals surface area contributed by atoms with Crippen LogP contribution >= 0.6 is 0 Å². The molecule has 5 heteroatoms. The van der Waals surface area contributed by atoms with Crippen LogP contribution in [0.2, 0.25) is 0 Å². The predicted molar refractivity (Wildman–Crippen MR) is 51.4 cm³/mol. The Labute approximate surface area is 88.0 Å². The third-order valence-corrected chi connectivity index (χ3v) is 2.63. The quantitative estimate of drug-likeness (QED) is 0.753. The number of nitrogens with two attached hydrogens (primary N) is 1. The zero-order valence-corrected chi connectivity index (χ0v) is 8.89. The lowest BCUT2D eigenvalue weighted by Gasteiger charge is -2.24. The lowest BCUT2D eigenvalue weighted by atomic mass is 10.0. The van der Waals surface area contributed by atoms with Crippen molar-refractivity contribution in [1.82, 2.24) is 0 Å². The van der Waals surface area contributed by atoms with E-state index in [1.165, 1.54) is 0 Å². The Morgan fingerprint density at radius 2 is 2.00 bits per heavy atom. The molecule has 0 aliphatic heterocycles. The molecule has 0 spiro atoms. The van der Waals surface area contributed by atoms with E-state index in [2.05, 4.69) is 0 Å². The van der Waals surface area contributed by atoms with Gasteiger partial charge in [-0.3, -0.25) is 0 Å². The summed E-state index contributed by atoms with van der Waals surface area (Å²) >= 11 is 0. The number of rotatable bonds is 6. The molecule has 90 valence electrons. The van der Waals surface area contributed by atoms with E-state index < -0.39 is 18.6 Å². The standard InChI is InChI=1S/C10H18F3NO/c1-2-15-9(7-3-4-7)8(14)5-6-10(11,12)13/h7-9H,2-6,14H2,1H3. The predicted octanol–water partition coefficient (Wildman–Crippen LogP) is 2.47. The number of halogens is 3. The maximum Gasteiger partial charge on any atom is 0.389 e. The van der Waals surface area contributed by atoms with Crippen LogP contribution in [-0.4, -0.2) is 24.9 Å². The highest BCUT2D eigenvalue weighted by molar-refractivity contribution is 4.89. The van der Waals surface area contributed by atoms with Gasteiger partial charge < -0.3 is 10.5 Å². The first-order valence-corrected chi connectivity index (χ1v) is 5.38. The van der Waals surface area contributed by atoms with Gasteiger partial charge in [-0.1, -0.05) is 0 Å². The van der Waals surface area contributed by atoms with Crippen molar-refractivity contribution in [1.29, 1.82) is 0 Å². The summed E-state index contributed by atoms with van der Waals surface area (Å²) in [6.07, 6.45) is -3.08. The third-order valence-electron chi connectivity index (χ3n) is 2.63. The van der Waals surface area contributed by atoms with Gasteiger partial charge in [-0.25, -0.2) is 0 Å². The molecule has 1 fully saturated rings. The summed E-state index contributed by atoms with van der Waals surface area (Å²) in [6, 6.07) is -0.487. The van der Waals surface area contributed by atoms with Gasteiger partial charge in [0.25, 0.3) is 0 Å². The van der Waals surface area contributed by atoms with Gasteiger partial charge in [-0.2, -0.15) is 13.2 Å². The van der Waals surface area contributed by atoms with Crippen LogP contribution < -0.4 is 5.73 Å². The molecule has 1 saturated carbocycles. The van der Waals surface area contributed by atoms with E-state index in [-0.39, 0.29) is 12.5 Å². The van der Waals surface area contributed by atoms with E-state index in [9.17, 15) is 13.2 Å². The topological polar surface area (TPSA) is 35.2 Å². The molecular formula is C10H18F3NO. The molecular weight excluding hydrogens is 207 g/mol. The first kappa shape index (κ1) is 12.8. The Bertz CT molecular complexity index is 192. The molecule has 1 rings (SSSR count). The number of alkyl halides is 3. The number of hydrogen-bond donors (Lipinski definition) is 1. The van der Waals surface area contributed by atoms with E-state index in [0.29, 0.717) is 12.5 Å². The van der Waals surface area contributed by atoms with E-state index in [1.807, 2.05) is 6.92 Å². The van der Waals surface area contributed by atoms with Crippen molar-refractivity contribution in [3.8, 4) is 0 Å². The molecule has 0 aromatic heterocycles. The van der Waals surface area contributed by atoms with Gasteiger partial charge in [0.15, 0.2) is 0 Å². The van der Waals surface area contributed by atoms with Crippen molar-refractivity contribution in [3.05, 3.63) is 0 Å². The lowest BCUT2D eigenvalue weighted by Crippen LogP contribution is -2.39. The van der Waals surface area contributed by atoms with Crippen LogP contribution in [0, 0.1) is 5.92 Å². The van der Waals surface area contributed by atoms with E-state index in [0.717, 1.165) is 12.8 Å². The van der Waals surface area contributed by atoms with Crippen molar-refractivity contribution in [2.45, 2.75) is 50.9 Å². The van der Waals surface area contributed by atoms with Crippen LogP contribution in [0.5, 0.6) is 0 Å². The highest BCUT2D eigenvalue weighted by Crippen LogP contribution is 2.36. The van der Waals surface area contributed by atoms with Crippen molar-refractivity contribution in [2.75, 3.05) is 6.61 Å². The summed E-state index contributed by atoms with van der Waals surface area (Å²) in [5, 5.41) is 0. The van der Waals surface area contributed by atoms with Crippen molar-refractivity contribution >= 4 is 0 Å². The summed E-state index contributed by atoms with van der Waals surface area (Å²) in [5.74, 6) is 0.383. The molecule has 0 aromatic carbocycles. The lowest BCUT2D eigenvalue weighted by molar-refractivity contribution is -0.138. The minimum Gasteiger partial charge on any atom is -0.377 e. The van der Waals surface area contributed by atoms with Crippen molar-refractivity contribution < 1.29 is 17.9 Å². The molecule has 0 aromatic rings. The molecule has 2 unspecified atom stereocenters. The molecule has 15 heavy (non-hydrogen) atoms. The SMILES string of the molecule is CCOC(C(N)CCC(F)(F)F)C1CC1. The van der Waals surface area contributed by atoms with Gasteiger partial charge in [-0.15, -0.1) is 0 Å². The highest BCUT2D eigenvalue weighted by atomic mass is 19.4. The van der Waals surface area contributed by atoms with Crippen LogP contribution in [-0.2, 0) is 4.74 Å². The third kappa shape index (κ3) is 4.84. The zero-order chi connectivity index (χ0) is 11.5. The van der Waals surface area contributed by atoms with Crippen molar-refractivity contribution in [2.24, 2.45) is 11.7 Å². The second-order valence-corrected chi connectivity index (χ2v) is 4.08. The summed E-state index contributed by atoms with van der Waals surface area (Å²) in [7, 11) is 0. The fourth-order valence-corrected chi connectivity index (χ4v) is 1.72. The fourth-order valence-electron chi connectivity index (χ4n) is 1.72. The smallest absolute Gasteiger partial charge is 0.377 e. The minimum atomic E-state index is -4.11. The zero-order valence-electron chi connectivity index (χ0n) is 8.89. The fraction of sp³-hybridized carbons (Fsp3) is 1.00. The monoisotopic (exact) mass is 225 g/mol. The molecule has 2 nitrogen and oxygen atoms in total. The Kier molecular flexibility index (Phi) is 4.40. The summed E-state index contributed by atoms with van der Waals surface area (Å²) in [4.78, 5) is 0. The second-order valence-electron chi connectivity index (χ2n) is 4.08. The second kappa shape index (κ2) is 5.16. The molecule has 0 saturated heterocycles. The van der Waals surface area contributed by atoms with E-state index in [1.54, 1.807) is 0 Å². The molecule has 0 heterocycles. The van der Waals surface area contributed by atoms with Crippen molar-refractivity contribution in [3.63, 3.8) is 0 Å². The molecule has 2 atom stereocenters.